The Bertz CT molecular complexity index is 338. The molecular formula is C11H14F3NO2. The van der Waals surface area contributed by atoms with Crippen molar-refractivity contribution in [1.29, 1.82) is 0 Å². The Labute approximate surface area is 97.2 Å². The van der Waals surface area contributed by atoms with Gasteiger partial charge in [0.2, 0.25) is 0 Å². The molecule has 0 aliphatic rings. The summed E-state index contributed by atoms with van der Waals surface area (Å²) in [7, 11) is 1.68. The molecule has 0 unspecified atom stereocenters. The van der Waals surface area contributed by atoms with Crippen molar-refractivity contribution >= 4 is 0 Å². The summed E-state index contributed by atoms with van der Waals surface area (Å²) < 4.78 is 41.9. The first-order chi connectivity index (χ1) is 7.93. The van der Waals surface area contributed by atoms with Crippen LogP contribution >= 0.6 is 0 Å². The fraction of sp³-hybridized carbons (Fsp3) is 0.455. The molecule has 96 valence electrons. The third-order valence-corrected chi connectivity index (χ3v) is 2.06. The van der Waals surface area contributed by atoms with E-state index < -0.39 is 17.8 Å². The lowest BCUT2D eigenvalue weighted by molar-refractivity contribution is -0.137. The van der Waals surface area contributed by atoms with Crippen molar-refractivity contribution in [2.75, 3.05) is 20.2 Å². The molecule has 0 saturated heterocycles. The minimum absolute atomic E-state index is 0.0339. The van der Waals surface area contributed by atoms with Gasteiger partial charge in [0.1, 0.15) is 18.5 Å². The average Bonchev–Trinajstić information content (AvgIpc) is 2.26. The van der Waals surface area contributed by atoms with Crippen LogP contribution in [0.3, 0.4) is 0 Å². The van der Waals surface area contributed by atoms with Crippen molar-refractivity contribution in [2.24, 2.45) is 0 Å². The van der Waals surface area contributed by atoms with Crippen molar-refractivity contribution in [2.45, 2.75) is 12.3 Å². The first-order valence-electron chi connectivity index (χ1n) is 5.06. The highest BCUT2D eigenvalue weighted by Crippen LogP contribution is 2.30. The zero-order valence-electron chi connectivity index (χ0n) is 9.29. The van der Waals surface area contributed by atoms with Gasteiger partial charge in [-0.15, -0.1) is 0 Å². The van der Waals surface area contributed by atoms with Gasteiger partial charge in [0.25, 0.3) is 0 Å². The van der Waals surface area contributed by atoms with E-state index in [1.165, 1.54) is 12.1 Å². The predicted molar refractivity (Wildman–Crippen MR) is 56.9 cm³/mol. The molecule has 1 rings (SSSR count). The standard InChI is InChI=1S/C11H14F3NO2/c1-15-6-9(16)7-17-10-4-2-8(3-5-10)11(12,13)14/h2-5,9,15-16H,6-7H2,1H3/t9-/m0/s1. The number of aliphatic hydroxyl groups is 1. The Morgan fingerprint density at radius 3 is 2.35 bits per heavy atom. The molecule has 0 aliphatic carbocycles. The number of hydrogen-bond donors (Lipinski definition) is 2. The van der Waals surface area contributed by atoms with E-state index in [1.807, 2.05) is 0 Å². The number of aliphatic hydroxyl groups excluding tert-OH is 1. The summed E-state index contributed by atoms with van der Waals surface area (Å²) in [6.45, 7) is 0.396. The Morgan fingerprint density at radius 1 is 1.29 bits per heavy atom. The molecule has 0 bridgehead atoms. The molecule has 0 aliphatic heterocycles. The molecule has 0 radical (unpaired) electrons. The van der Waals surface area contributed by atoms with E-state index in [0.717, 1.165) is 12.1 Å². The van der Waals surface area contributed by atoms with Crippen LogP contribution in [0.5, 0.6) is 5.75 Å². The summed E-state index contributed by atoms with van der Waals surface area (Å²) in [5, 5.41) is 12.1. The van der Waals surface area contributed by atoms with Crippen LogP contribution < -0.4 is 10.1 Å². The van der Waals surface area contributed by atoms with E-state index in [4.69, 9.17) is 4.74 Å². The Hall–Kier alpha value is -1.27. The number of ether oxygens (including phenoxy) is 1. The molecule has 6 heteroatoms. The van der Waals surface area contributed by atoms with E-state index in [0.29, 0.717) is 12.3 Å². The zero-order valence-corrected chi connectivity index (χ0v) is 9.29. The molecule has 2 N–H and O–H groups in total. The minimum atomic E-state index is -4.34. The Morgan fingerprint density at radius 2 is 1.88 bits per heavy atom. The molecule has 0 amide bonds. The lowest BCUT2D eigenvalue weighted by Crippen LogP contribution is -2.29. The first-order valence-corrected chi connectivity index (χ1v) is 5.06. The maximum atomic E-state index is 12.2. The highest BCUT2D eigenvalue weighted by atomic mass is 19.4. The van der Waals surface area contributed by atoms with Crippen molar-refractivity contribution in [3.63, 3.8) is 0 Å². The summed E-state index contributed by atoms with van der Waals surface area (Å²) in [6.07, 6.45) is -5.04. The van der Waals surface area contributed by atoms with Crippen LogP contribution in [0, 0.1) is 0 Å². The normalized spacial score (nSPS) is 13.5. The van der Waals surface area contributed by atoms with Gasteiger partial charge < -0.3 is 15.2 Å². The van der Waals surface area contributed by atoms with Gasteiger partial charge in [-0.1, -0.05) is 0 Å². The second-order valence-electron chi connectivity index (χ2n) is 3.54. The molecule has 1 atom stereocenters. The summed E-state index contributed by atoms with van der Waals surface area (Å²) in [5.41, 5.74) is -0.722. The SMILES string of the molecule is CNC[C@H](O)COc1ccc(C(F)(F)F)cc1. The molecule has 17 heavy (non-hydrogen) atoms. The van der Waals surface area contributed by atoms with Crippen LogP contribution in [0.1, 0.15) is 5.56 Å². The van der Waals surface area contributed by atoms with Gasteiger partial charge >= 0.3 is 6.18 Å². The highest BCUT2D eigenvalue weighted by molar-refractivity contribution is 5.28. The quantitative estimate of drug-likeness (QED) is 0.834. The van der Waals surface area contributed by atoms with Crippen LogP contribution in [0.2, 0.25) is 0 Å². The van der Waals surface area contributed by atoms with Gasteiger partial charge in [-0.3, -0.25) is 0 Å². The van der Waals surface area contributed by atoms with Crippen molar-refractivity contribution in [1.82, 2.24) is 5.32 Å². The van der Waals surface area contributed by atoms with Crippen molar-refractivity contribution in [3.8, 4) is 5.75 Å². The van der Waals surface area contributed by atoms with Gasteiger partial charge in [0, 0.05) is 6.54 Å². The van der Waals surface area contributed by atoms with Crippen molar-refractivity contribution < 1.29 is 23.0 Å². The van der Waals surface area contributed by atoms with E-state index >= 15 is 0 Å². The molecular weight excluding hydrogens is 235 g/mol. The lowest BCUT2D eigenvalue weighted by Gasteiger charge is -2.12. The van der Waals surface area contributed by atoms with Crippen LogP contribution in [-0.2, 0) is 6.18 Å². The monoisotopic (exact) mass is 249 g/mol. The summed E-state index contributed by atoms with van der Waals surface area (Å²) >= 11 is 0. The Balaban J connectivity index is 2.51. The van der Waals surface area contributed by atoms with Crippen LogP contribution in [-0.4, -0.2) is 31.4 Å². The van der Waals surface area contributed by atoms with Gasteiger partial charge in [0.05, 0.1) is 5.56 Å². The van der Waals surface area contributed by atoms with Crippen LogP contribution in [0.4, 0.5) is 13.2 Å². The maximum absolute atomic E-state index is 12.2. The summed E-state index contributed by atoms with van der Waals surface area (Å²) in [4.78, 5) is 0. The van der Waals surface area contributed by atoms with Crippen LogP contribution in [0.15, 0.2) is 24.3 Å². The number of benzene rings is 1. The fourth-order valence-corrected chi connectivity index (χ4v) is 1.23. The predicted octanol–water partition coefficient (Wildman–Crippen LogP) is 1.66. The van der Waals surface area contributed by atoms with Gasteiger partial charge in [0.15, 0.2) is 0 Å². The fourth-order valence-electron chi connectivity index (χ4n) is 1.23. The van der Waals surface area contributed by atoms with Crippen molar-refractivity contribution in [3.05, 3.63) is 29.8 Å². The third kappa shape index (κ3) is 4.62. The minimum Gasteiger partial charge on any atom is -0.491 e. The molecule has 1 aromatic rings. The molecule has 0 heterocycles. The number of likely N-dealkylation sites (N-methyl/N-ethyl adjacent to an activating group) is 1. The molecule has 0 fully saturated rings. The second kappa shape index (κ2) is 5.88. The number of nitrogens with one attached hydrogen (secondary N) is 1. The molecule has 0 spiro atoms. The van der Waals surface area contributed by atoms with E-state index in [9.17, 15) is 18.3 Å². The number of alkyl halides is 3. The van der Waals surface area contributed by atoms with E-state index in [2.05, 4.69) is 5.32 Å². The van der Waals surface area contributed by atoms with Gasteiger partial charge in [-0.25, -0.2) is 0 Å². The third-order valence-electron chi connectivity index (χ3n) is 2.06. The molecule has 3 nitrogen and oxygen atoms in total. The lowest BCUT2D eigenvalue weighted by atomic mass is 10.2. The number of hydrogen-bond acceptors (Lipinski definition) is 3. The largest absolute Gasteiger partial charge is 0.491 e. The summed E-state index contributed by atoms with van der Waals surface area (Å²) in [6, 6.07) is 4.35. The molecule has 0 saturated carbocycles. The van der Waals surface area contributed by atoms with E-state index in [1.54, 1.807) is 7.05 Å². The smallest absolute Gasteiger partial charge is 0.416 e. The maximum Gasteiger partial charge on any atom is 0.416 e. The first kappa shape index (κ1) is 13.8. The van der Waals surface area contributed by atoms with E-state index in [-0.39, 0.29) is 6.61 Å². The number of rotatable bonds is 5. The molecule has 0 aromatic heterocycles. The summed E-state index contributed by atoms with van der Waals surface area (Å²) in [5.74, 6) is 0.299. The number of halogens is 3. The Kier molecular flexibility index (Phi) is 4.77. The highest BCUT2D eigenvalue weighted by Gasteiger charge is 2.29. The zero-order chi connectivity index (χ0) is 12.9. The van der Waals surface area contributed by atoms with Gasteiger partial charge in [-0.05, 0) is 31.3 Å². The topological polar surface area (TPSA) is 41.5 Å². The molecule has 1 aromatic carbocycles. The second-order valence-corrected chi connectivity index (χ2v) is 3.54. The average molecular weight is 249 g/mol. The van der Waals surface area contributed by atoms with Gasteiger partial charge in [-0.2, -0.15) is 13.2 Å². The van der Waals surface area contributed by atoms with Crippen LogP contribution in [0.25, 0.3) is 0 Å².